The van der Waals surface area contributed by atoms with Crippen LogP contribution in [0.4, 0.5) is 0 Å². The van der Waals surface area contributed by atoms with Gasteiger partial charge in [0.15, 0.2) is 0 Å². The van der Waals surface area contributed by atoms with Gasteiger partial charge >= 0.3 is 0 Å². The zero-order valence-corrected chi connectivity index (χ0v) is 13.9. The van der Waals surface area contributed by atoms with Gasteiger partial charge in [-0.25, -0.2) is 0 Å². The van der Waals surface area contributed by atoms with Crippen LogP contribution in [0.1, 0.15) is 65.7 Å². The third kappa shape index (κ3) is 3.98. The molecule has 4 nitrogen and oxygen atoms in total. The molecule has 0 saturated carbocycles. The van der Waals surface area contributed by atoms with E-state index >= 15 is 0 Å². The number of nitrogens with one attached hydrogen (secondary N) is 1. The monoisotopic (exact) mass is 296 g/mol. The Morgan fingerprint density at radius 2 is 2.05 bits per heavy atom. The van der Waals surface area contributed by atoms with Crippen molar-refractivity contribution in [3.63, 3.8) is 0 Å². The Hall–Kier alpha value is -0.610. The molecule has 0 radical (unpaired) electrons. The predicted octanol–water partition coefficient (Wildman–Crippen LogP) is 2.92. The first-order valence-electron chi connectivity index (χ1n) is 8.89. The van der Waals surface area contributed by atoms with Crippen LogP contribution in [-0.2, 0) is 9.53 Å². The van der Waals surface area contributed by atoms with E-state index in [1.807, 2.05) is 0 Å². The van der Waals surface area contributed by atoms with E-state index in [4.69, 9.17) is 4.74 Å². The Bertz CT molecular complexity index is 335. The van der Waals surface area contributed by atoms with Gasteiger partial charge in [0.05, 0.1) is 18.3 Å². The minimum absolute atomic E-state index is 0.0453. The quantitative estimate of drug-likeness (QED) is 0.749. The SMILES string of the molecule is CCCCC1NC(CCC)N(CC2CCOC2CC)C1=O. The first-order valence-corrected chi connectivity index (χ1v) is 8.89. The summed E-state index contributed by atoms with van der Waals surface area (Å²) in [4.78, 5) is 14.8. The van der Waals surface area contributed by atoms with Gasteiger partial charge in [-0.2, -0.15) is 0 Å². The van der Waals surface area contributed by atoms with Crippen molar-refractivity contribution in [2.45, 2.75) is 84.0 Å². The van der Waals surface area contributed by atoms with Crippen LogP contribution >= 0.6 is 0 Å². The fourth-order valence-electron chi connectivity index (χ4n) is 3.70. The van der Waals surface area contributed by atoms with Crippen LogP contribution in [0.3, 0.4) is 0 Å². The second-order valence-electron chi connectivity index (χ2n) is 6.52. The van der Waals surface area contributed by atoms with Crippen molar-refractivity contribution in [2.24, 2.45) is 5.92 Å². The predicted molar refractivity (Wildman–Crippen MR) is 85.0 cm³/mol. The number of rotatable bonds is 8. The van der Waals surface area contributed by atoms with Crippen LogP contribution in [0.15, 0.2) is 0 Å². The lowest BCUT2D eigenvalue weighted by atomic mass is 9.98. The van der Waals surface area contributed by atoms with Crippen LogP contribution in [0.5, 0.6) is 0 Å². The van der Waals surface area contributed by atoms with Crippen LogP contribution in [0, 0.1) is 5.92 Å². The Balaban J connectivity index is 1.98. The van der Waals surface area contributed by atoms with Crippen LogP contribution in [0.25, 0.3) is 0 Å². The molecule has 2 fully saturated rings. The van der Waals surface area contributed by atoms with Crippen molar-refractivity contribution < 1.29 is 9.53 Å². The van der Waals surface area contributed by atoms with Crippen molar-refractivity contribution >= 4 is 5.91 Å². The van der Waals surface area contributed by atoms with Gasteiger partial charge in [0.25, 0.3) is 0 Å². The van der Waals surface area contributed by atoms with E-state index in [0.29, 0.717) is 17.9 Å². The van der Waals surface area contributed by atoms with Crippen molar-refractivity contribution in [3.8, 4) is 0 Å². The summed E-state index contributed by atoms with van der Waals surface area (Å²) >= 11 is 0. The minimum atomic E-state index is 0.0453. The Kier molecular flexibility index (Phi) is 6.49. The largest absolute Gasteiger partial charge is 0.378 e. The van der Waals surface area contributed by atoms with Gasteiger partial charge < -0.3 is 9.64 Å². The standard InChI is InChI=1S/C17H32N2O2/c1-4-7-9-14-17(20)19(16(18-14)8-5-2)12-13-10-11-21-15(13)6-3/h13-16,18H,4-12H2,1-3H3. The molecule has 0 aromatic heterocycles. The molecular weight excluding hydrogens is 264 g/mol. The van der Waals surface area contributed by atoms with Crippen molar-refractivity contribution in [3.05, 3.63) is 0 Å². The number of hydrogen-bond donors (Lipinski definition) is 1. The molecular formula is C17H32N2O2. The van der Waals surface area contributed by atoms with Gasteiger partial charge in [0.2, 0.25) is 5.91 Å². The lowest BCUT2D eigenvalue weighted by Crippen LogP contribution is -2.41. The highest BCUT2D eigenvalue weighted by Gasteiger charge is 2.40. The maximum absolute atomic E-state index is 12.7. The normalized spacial score (nSPS) is 33.1. The zero-order chi connectivity index (χ0) is 15.2. The van der Waals surface area contributed by atoms with Crippen LogP contribution in [0.2, 0.25) is 0 Å². The lowest BCUT2D eigenvalue weighted by Gasteiger charge is -2.28. The summed E-state index contributed by atoms with van der Waals surface area (Å²) in [6.07, 6.45) is 8.15. The summed E-state index contributed by atoms with van der Waals surface area (Å²) in [5.74, 6) is 0.841. The highest BCUT2D eigenvalue weighted by molar-refractivity contribution is 5.84. The molecule has 21 heavy (non-hydrogen) atoms. The minimum Gasteiger partial charge on any atom is -0.378 e. The number of carbonyl (C=O) groups is 1. The molecule has 4 unspecified atom stereocenters. The maximum Gasteiger partial charge on any atom is 0.241 e. The molecule has 0 aromatic rings. The second kappa shape index (κ2) is 8.14. The highest BCUT2D eigenvalue weighted by Crippen LogP contribution is 2.28. The van der Waals surface area contributed by atoms with Crippen LogP contribution < -0.4 is 5.32 Å². The molecule has 2 heterocycles. The van der Waals surface area contributed by atoms with Gasteiger partial charge in [0, 0.05) is 19.1 Å². The van der Waals surface area contributed by atoms with E-state index in [0.717, 1.165) is 58.1 Å². The number of nitrogens with zero attached hydrogens (tertiary/aromatic N) is 1. The summed E-state index contributed by atoms with van der Waals surface area (Å²) in [6.45, 7) is 8.29. The third-order valence-corrected chi connectivity index (χ3v) is 4.94. The van der Waals surface area contributed by atoms with E-state index < -0.39 is 0 Å². The lowest BCUT2D eigenvalue weighted by molar-refractivity contribution is -0.131. The maximum atomic E-state index is 12.7. The zero-order valence-electron chi connectivity index (χ0n) is 13.9. The molecule has 0 aliphatic carbocycles. The summed E-state index contributed by atoms with van der Waals surface area (Å²) in [7, 11) is 0. The molecule has 4 atom stereocenters. The van der Waals surface area contributed by atoms with Gasteiger partial charge in [-0.3, -0.25) is 10.1 Å². The van der Waals surface area contributed by atoms with Crippen molar-refractivity contribution in [2.75, 3.05) is 13.2 Å². The Morgan fingerprint density at radius 3 is 2.71 bits per heavy atom. The molecule has 2 rings (SSSR count). The van der Waals surface area contributed by atoms with Gasteiger partial charge in [-0.15, -0.1) is 0 Å². The molecule has 2 saturated heterocycles. The van der Waals surface area contributed by atoms with E-state index in [1.54, 1.807) is 0 Å². The number of carbonyl (C=O) groups excluding carboxylic acids is 1. The van der Waals surface area contributed by atoms with E-state index in [2.05, 4.69) is 31.0 Å². The molecule has 1 amide bonds. The number of unbranched alkanes of at least 4 members (excludes halogenated alkanes) is 1. The van der Waals surface area contributed by atoms with Crippen LogP contribution in [-0.4, -0.2) is 42.3 Å². The molecule has 2 aliphatic rings. The van der Waals surface area contributed by atoms with E-state index in [-0.39, 0.29) is 12.2 Å². The molecule has 0 spiro atoms. The molecule has 122 valence electrons. The summed E-state index contributed by atoms with van der Waals surface area (Å²) < 4.78 is 5.79. The first-order chi connectivity index (χ1) is 10.2. The number of ether oxygens (including phenoxy) is 1. The second-order valence-corrected chi connectivity index (χ2v) is 6.52. The van der Waals surface area contributed by atoms with Gasteiger partial charge in [-0.05, 0) is 25.7 Å². The number of amides is 1. The molecule has 0 bridgehead atoms. The average Bonchev–Trinajstić information content (AvgIpc) is 3.05. The van der Waals surface area contributed by atoms with Crippen molar-refractivity contribution in [1.29, 1.82) is 0 Å². The van der Waals surface area contributed by atoms with Gasteiger partial charge in [0.1, 0.15) is 0 Å². The summed E-state index contributed by atoms with van der Waals surface area (Å²) in [5, 5.41) is 3.57. The average molecular weight is 296 g/mol. The fourth-order valence-corrected chi connectivity index (χ4v) is 3.70. The molecule has 1 N–H and O–H groups in total. The smallest absolute Gasteiger partial charge is 0.241 e. The Labute approximate surface area is 129 Å². The number of hydrogen-bond acceptors (Lipinski definition) is 3. The topological polar surface area (TPSA) is 41.6 Å². The Morgan fingerprint density at radius 1 is 1.24 bits per heavy atom. The van der Waals surface area contributed by atoms with Gasteiger partial charge in [-0.1, -0.05) is 40.0 Å². The van der Waals surface area contributed by atoms with E-state index in [1.165, 1.54) is 0 Å². The molecule has 2 aliphatic heterocycles. The first kappa shape index (κ1) is 16.8. The van der Waals surface area contributed by atoms with Crippen molar-refractivity contribution in [1.82, 2.24) is 10.2 Å². The fraction of sp³-hybridized carbons (Fsp3) is 0.941. The molecule has 0 aromatic carbocycles. The highest BCUT2D eigenvalue weighted by atomic mass is 16.5. The van der Waals surface area contributed by atoms with E-state index in [9.17, 15) is 4.79 Å². The molecule has 4 heteroatoms. The third-order valence-electron chi connectivity index (χ3n) is 4.94. The summed E-state index contributed by atoms with van der Waals surface area (Å²) in [6, 6.07) is 0.0453. The summed E-state index contributed by atoms with van der Waals surface area (Å²) in [5.41, 5.74) is 0.